The van der Waals surface area contributed by atoms with Crippen molar-refractivity contribution in [3.63, 3.8) is 0 Å². The minimum Gasteiger partial charge on any atom is -0.397 e. The molecule has 0 saturated carbocycles. The molecule has 18 heavy (non-hydrogen) atoms. The molecular weight excluding hydrogens is 372 g/mol. The van der Waals surface area contributed by atoms with Crippen LogP contribution in [0.1, 0.15) is 0 Å². The molecule has 0 unspecified atom stereocenters. The van der Waals surface area contributed by atoms with Crippen molar-refractivity contribution in [1.82, 2.24) is 0 Å². The number of hydrogen-bond acceptors (Lipinski definition) is 2. The summed E-state index contributed by atoms with van der Waals surface area (Å²) in [6, 6.07) is 6.93. The predicted molar refractivity (Wildman–Crippen MR) is 78.2 cm³/mol. The minimum atomic E-state index is -0.510. The minimum absolute atomic E-state index is 0.00967. The Hall–Kier alpha value is -1.08. The molecule has 2 rings (SSSR count). The zero-order valence-corrected chi connectivity index (χ0v) is 11.9. The molecule has 0 aliphatic carbocycles. The molecule has 94 valence electrons. The van der Waals surface area contributed by atoms with Gasteiger partial charge in [0.15, 0.2) is 0 Å². The number of nitrogens with one attached hydrogen (secondary N) is 1. The molecule has 6 heteroatoms. The Morgan fingerprint density at radius 3 is 2.50 bits per heavy atom. The summed E-state index contributed by atoms with van der Waals surface area (Å²) in [5.74, 6) is -0.885. The van der Waals surface area contributed by atoms with Gasteiger partial charge >= 0.3 is 0 Å². The number of rotatable bonds is 2. The standard InChI is InChI=1S/C12H8ClF2IN2/c13-7-3-6(1-2-8(7)14)18-12-4-9(15)10(16)5-11(12)17/h1-5,18H,17H2. The van der Waals surface area contributed by atoms with Crippen molar-refractivity contribution in [1.29, 1.82) is 0 Å². The lowest BCUT2D eigenvalue weighted by atomic mass is 10.2. The maximum atomic E-state index is 13.4. The van der Waals surface area contributed by atoms with Crippen molar-refractivity contribution in [2.75, 3.05) is 11.1 Å². The molecule has 0 amide bonds. The highest BCUT2D eigenvalue weighted by Crippen LogP contribution is 2.28. The monoisotopic (exact) mass is 380 g/mol. The highest BCUT2D eigenvalue weighted by molar-refractivity contribution is 14.1. The van der Waals surface area contributed by atoms with Crippen molar-refractivity contribution in [3.8, 4) is 0 Å². The van der Waals surface area contributed by atoms with E-state index in [1.807, 2.05) is 22.6 Å². The molecule has 2 aromatic rings. The average Bonchev–Trinajstić information content (AvgIpc) is 2.31. The van der Waals surface area contributed by atoms with Gasteiger partial charge in [0.05, 0.1) is 20.0 Å². The molecule has 0 radical (unpaired) electrons. The van der Waals surface area contributed by atoms with Crippen LogP contribution < -0.4 is 11.1 Å². The topological polar surface area (TPSA) is 38.0 Å². The van der Waals surface area contributed by atoms with Gasteiger partial charge in [-0.05, 0) is 46.9 Å². The Bertz CT molecular complexity index is 605. The quantitative estimate of drug-likeness (QED) is 0.593. The van der Waals surface area contributed by atoms with E-state index in [0.717, 1.165) is 0 Å². The van der Waals surface area contributed by atoms with Crippen LogP contribution in [0.3, 0.4) is 0 Å². The fourth-order valence-corrected chi connectivity index (χ4v) is 2.07. The van der Waals surface area contributed by atoms with E-state index < -0.39 is 5.82 Å². The Labute approximate surface area is 121 Å². The van der Waals surface area contributed by atoms with Gasteiger partial charge in [-0.15, -0.1) is 0 Å². The first-order valence-corrected chi connectivity index (χ1v) is 6.39. The second kappa shape index (κ2) is 5.27. The third-order valence-electron chi connectivity index (χ3n) is 2.29. The van der Waals surface area contributed by atoms with Crippen LogP contribution in [0.4, 0.5) is 25.8 Å². The fourth-order valence-electron chi connectivity index (χ4n) is 1.40. The summed E-state index contributed by atoms with van der Waals surface area (Å²) in [6.45, 7) is 0. The Balaban J connectivity index is 2.34. The summed E-state index contributed by atoms with van der Waals surface area (Å²) >= 11 is 7.51. The van der Waals surface area contributed by atoms with Crippen LogP contribution in [0.25, 0.3) is 0 Å². The van der Waals surface area contributed by atoms with Crippen molar-refractivity contribution in [2.45, 2.75) is 0 Å². The molecule has 2 aromatic carbocycles. The first-order chi connectivity index (χ1) is 8.47. The van der Waals surface area contributed by atoms with E-state index in [0.29, 0.717) is 20.6 Å². The number of halogens is 4. The van der Waals surface area contributed by atoms with E-state index in [-0.39, 0.29) is 10.8 Å². The summed E-state index contributed by atoms with van der Waals surface area (Å²) in [6.07, 6.45) is 0. The summed E-state index contributed by atoms with van der Waals surface area (Å²) < 4.78 is 26.8. The van der Waals surface area contributed by atoms with E-state index >= 15 is 0 Å². The Kier molecular flexibility index (Phi) is 3.91. The summed E-state index contributed by atoms with van der Waals surface area (Å²) in [5, 5.41) is 2.88. The maximum absolute atomic E-state index is 13.4. The van der Waals surface area contributed by atoms with Gasteiger partial charge in [-0.3, -0.25) is 0 Å². The van der Waals surface area contributed by atoms with Crippen LogP contribution in [0.5, 0.6) is 0 Å². The molecule has 0 bridgehead atoms. The van der Waals surface area contributed by atoms with Gasteiger partial charge in [0.1, 0.15) is 11.6 Å². The predicted octanol–water partition coefficient (Wildman–Crippen LogP) is 4.55. The summed E-state index contributed by atoms with van der Waals surface area (Å²) in [5.41, 5.74) is 7.12. The normalized spacial score (nSPS) is 10.4. The van der Waals surface area contributed by atoms with Crippen molar-refractivity contribution < 1.29 is 8.78 Å². The number of hydrogen-bond donors (Lipinski definition) is 2. The molecule has 0 heterocycles. The molecule has 0 aliphatic heterocycles. The fraction of sp³-hybridized carbons (Fsp3) is 0. The van der Waals surface area contributed by atoms with Crippen LogP contribution in [-0.2, 0) is 0 Å². The van der Waals surface area contributed by atoms with E-state index in [1.165, 1.54) is 30.3 Å². The van der Waals surface area contributed by atoms with Gasteiger partial charge in [-0.2, -0.15) is 0 Å². The molecule has 0 fully saturated rings. The number of nitrogens with two attached hydrogens (primary N) is 1. The smallest absolute Gasteiger partial charge is 0.141 e. The molecule has 2 nitrogen and oxygen atoms in total. The average molecular weight is 381 g/mol. The number of nitrogen functional groups attached to an aromatic ring is 1. The van der Waals surface area contributed by atoms with Crippen molar-refractivity contribution in [2.24, 2.45) is 0 Å². The zero-order chi connectivity index (χ0) is 13.3. The third-order valence-corrected chi connectivity index (χ3v) is 3.41. The lowest BCUT2D eigenvalue weighted by Gasteiger charge is -2.10. The van der Waals surface area contributed by atoms with Gasteiger partial charge < -0.3 is 11.1 Å². The highest BCUT2D eigenvalue weighted by Gasteiger charge is 2.07. The number of benzene rings is 2. The zero-order valence-electron chi connectivity index (χ0n) is 8.98. The molecule has 0 aliphatic rings. The summed E-state index contributed by atoms with van der Waals surface area (Å²) in [7, 11) is 0. The van der Waals surface area contributed by atoms with Gasteiger partial charge in [-0.25, -0.2) is 8.78 Å². The van der Waals surface area contributed by atoms with Crippen LogP contribution in [0.15, 0.2) is 30.3 Å². The first-order valence-electron chi connectivity index (χ1n) is 4.94. The maximum Gasteiger partial charge on any atom is 0.141 e. The van der Waals surface area contributed by atoms with E-state index in [9.17, 15) is 8.78 Å². The van der Waals surface area contributed by atoms with Crippen LogP contribution in [0.2, 0.25) is 5.02 Å². The molecule has 0 saturated heterocycles. The van der Waals surface area contributed by atoms with Gasteiger partial charge in [0.25, 0.3) is 0 Å². The van der Waals surface area contributed by atoms with Gasteiger partial charge in [-0.1, -0.05) is 11.6 Å². The Morgan fingerprint density at radius 2 is 1.83 bits per heavy atom. The first kappa shape index (κ1) is 13.4. The highest BCUT2D eigenvalue weighted by atomic mass is 127. The van der Waals surface area contributed by atoms with E-state index in [4.69, 9.17) is 17.3 Å². The Morgan fingerprint density at radius 1 is 1.11 bits per heavy atom. The van der Waals surface area contributed by atoms with Crippen molar-refractivity contribution in [3.05, 3.63) is 50.6 Å². The molecule has 0 spiro atoms. The van der Waals surface area contributed by atoms with Crippen LogP contribution >= 0.6 is 34.2 Å². The molecule has 0 atom stereocenters. The lowest BCUT2D eigenvalue weighted by molar-refractivity contribution is 0.621. The van der Waals surface area contributed by atoms with Crippen LogP contribution in [0, 0.1) is 15.2 Å². The van der Waals surface area contributed by atoms with E-state index in [2.05, 4.69) is 5.32 Å². The largest absolute Gasteiger partial charge is 0.397 e. The molecule has 3 N–H and O–H groups in total. The van der Waals surface area contributed by atoms with E-state index in [1.54, 1.807) is 0 Å². The van der Waals surface area contributed by atoms with Crippen molar-refractivity contribution >= 4 is 51.3 Å². The second-order valence-electron chi connectivity index (χ2n) is 3.61. The van der Waals surface area contributed by atoms with Crippen LogP contribution in [-0.4, -0.2) is 0 Å². The van der Waals surface area contributed by atoms with Gasteiger partial charge in [0, 0.05) is 11.8 Å². The third kappa shape index (κ3) is 2.84. The lowest BCUT2D eigenvalue weighted by Crippen LogP contribution is -1.99. The summed E-state index contributed by atoms with van der Waals surface area (Å²) in [4.78, 5) is 0. The van der Waals surface area contributed by atoms with Gasteiger partial charge in [0.2, 0.25) is 0 Å². The molecular formula is C12H8ClF2IN2. The SMILES string of the molecule is Nc1cc(I)c(F)cc1Nc1ccc(F)c(Cl)c1. The molecule has 0 aromatic heterocycles. The second-order valence-corrected chi connectivity index (χ2v) is 5.18. The number of anilines is 3.